The fraction of sp³-hybridized carbons (Fsp3) is 0.833. The number of nitrogens with one attached hydrogen (secondary N) is 1. The van der Waals surface area contributed by atoms with Gasteiger partial charge in [-0.05, 0) is 38.6 Å². The Morgan fingerprint density at radius 2 is 2.36 bits per heavy atom. The van der Waals surface area contributed by atoms with Crippen molar-refractivity contribution in [2.45, 2.75) is 45.1 Å². The molecule has 0 amide bonds. The van der Waals surface area contributed by atoms with Crippen LogP contribution in [0.25, 0.3) is 0 Å². The van der Waals surface area contributed by atoms with Gasteiger partial charge in [0.2, 0.25) is 0 Å². The van der Waals surface area contributed by atoms with Gasteiger partial charge >= 0.3 is 0 Å². The Hall–Kier alpha value is -0.340. The van der Waals surface area contributed by atoms with E-state index in [0.29, 0.717) is 6.04 Å². The third kappa shape index (κ3) is 5.40. The number of allylic oxidation sites excluding steroid dienone is 1. The Bertz CT molecular complexity index is 156. The van der Waals surface area contributed by atoms with Gasteiger partial charge in [0, 0.05) is 19.3 Å². The van der Waals surface area contributed by atoms with E-state index >= 15 is 0 Å². The molecule has 14 heavy (non-hydrogen) atoms. The van der Waals surface area contributed by atoms with Crippen molar-refractivity contribution >= 4 is 0 Å². The van der Waals surface area contributed by atoms with E-state index in [1.165, 1.54) is 19.3 Å². The molecule has 1 aliphatic carbocycles. The van der Waals surface area contributed by atoms with Crippen molar-refractivity contribution in [2.24, 2.45) is 0 Å². The smallest absolute Gasteiger partial charge is 0.0478 e. The summed E-state index contributed by atoms with van der Waals surface area (Å²) in [5, 5.41) is 3.53. The molecule has 0 aliphatic heterocycles. The van der Waals surface area contributed by atoms with E-state index in [4.69, 9.17) is 4.74 Å². The van der Waals surface area contributed by atoms with Gasteiger partial charge in [-0.1, -0.05) is 19.1 Å². The minimum Gasteiger partial charge on any atom is -0.381 e. The van der Waals surface area contributed by atoms with Crippen LogP contribution in [0.5, 0.6) is 0 Å². The van der Waals surface area contributed by atoms with Crippen LogP contribution in [0.15, 0.2) is 12.2 Å². The molecule has 82 valence electrons. The Balaban J connectivity index is 1.88. The molecule has 0 saturated carbocycles. The number of ether oxygens (including phenoxy) is 1. The van der Waals surface area contributed by atoms with Gasteiger partial charge in [-0.15, -0.1) is 0 Å². The first-order valence-electron chi connectivity index (χ1n) is 5.91. The molecule has 1 aliphatic rings. The Morgan fingerprint density at radius 1 is 1.43 bits per heavy atom. The molecule has 0 saturated heterocycles. The molecule has 1 rings (SSSR count). The lowest BCUT2D eigenvalue weighted by atomic mass is 10.0. The zero-order valence-corrected chi connectivity index (χ0v) is 9.30. The lowest BCUT2D eigenvalue weighted by Gasteiger charge is -2.17. The van der Waals surface area contributed by atoms with Gasteiger partial charge in [0.1, 0.15) is 0 Å². The maximum absolute atomic E-state index is 5.41. The molecule has 0 spiro atoms. The second-order valence-corrected chi connectivity index (χ2v) is 3.89. The van der Waals surface area contributed by atoms with Crippen molar-refractivity contribution in [2.75, 3.05) is 19.8 Å². The number of rotatable bonds is 7. The highest BCUT2D eigenvalue weighted by Gasteiger charge is 2.05. The Morgan fingerprint density at radius 3 is 3.07 bits per heavy atom. The summed E-state index contributed by atoms with van der Waals surface area (Å²) in [6, 6.07) is 0.620. The average Bonchev–Trinajstić information content (AvgIpc) is 2.25. The molecule has 0 heterocycles. The summed E-state index contributed by atoms with van der Waals surface area (Å²) in [6.07, 6.45) is 10.7. The van der Waals surface area contributed by atoms with Crippen molar-refractivity contribution in [3.63, 3.8) is 0 Å². The van der Waals surface area contributed by atoms with E-state index in [1.807, 2.05) is 0 Å². The predicted octanol–water partition coefficient (Wildman–Crippen LogP) is 2.50. The van der Waals surface area contributed by atoms with E-state index in [1.54, 1.807) is 0 Å². The van der Waals surface area contributed by atoms with Gasteiger partial charge < -0.3 is 10.1 Å². The van der Waals surface area contributed by atoms with Crippen molar-refractivity contribution in [3.8, 4) is 0 Å². The summed E-state index contributed by atoms with van der Waals surface area (Å²) in [5.41, 5.74) is 0. The van der Waals surface area contributed by atoms with E-state index in [0.717, 1.165) is 32.6 Å². The normalized spacial score (nSPS) is 21.4. The van der Waals surface area contributed by atoms with Gasteiger partial charge in [-0.2, -0.15) is 0 Å². The molecule has 1 N–H and O–H groups in total. The quantitative estimate of drug-likeness (QED) is 0.500. The van der Waals surface area contributed by atoms with Gasteiger partial charge in [0.25, 0.3) is 0 Å². The van der Waals surface area contributed by atoms with Crippen LogP contribution >= 0.6 is 0 Å². The van der Waals surface area contributed by atoms with Crippen LogP contribution in [0.3, 0.4) is 0 Å². The number of hydrogen-bond donors (Lipinski definition) is 1. The number of hydrogen-bond acceptors (Lipinski definition) is 2. The average molecular weight is 197 g/mol. The largest absolute Gasteiger partial charge is 0.381 e. The Kier molecular flexibility index (Phi) is 6.71. The Labute approximate surface area is 87.7 Å². The molecule has 2 nitrogen and oxygen atoms in total. The first-order chi connectivity index (χ1) is 6.93. The molecule has 0 aromatic carbocycles. The summed E-state index contributed by atoms with van der Waals surface area (Å²) < 4.78 is 5.41. The van der Waals surface area contributed by atoms with E-state index in [-0.39, 0.29) is 0 Å². The highest BCUT2D eigenvalue weighted by molar-refractivity contribution is 4.97. The zero-order chi connectivity index (χ0) is 10.1. The predicted molar refractivity (Wildman–Crippen MR) is 60.5 cm³/mol. The van der Waals surface area contributed by atoms with Gasteiger partial charge in [0.15, 0.2) is 0 Å². The van der Waals surface area contributed by atoms with Crippen LogP contribution in [-0.2, 0) is 4.74 Å². The molecule has 0 aromatic rings. The SMILES string of the molecule is CCCOCCCNC1C=CCCC1. The summed E-state index contributed by atoms with van der Waals surface area (Å²) >= 11 is 0. The summed E-state index contributed by atoms with van der Waals surface area (Å²) in [5.74, 6) is 0. The minimum atomic E-state index is 0.620. The van der Waals surface area contributed by atoms with Crippen LogP contribution in [-0.4, -0.2) is 25.8 Å². The molecule has 1 atom stereocenters. The molecule has 0 fully saturated rings. The monoisotopic (exact) mass is 197 g/mol. The van der Waals surface area contributed by atoms with Gasteiger partial charge in [-0.3, -0.25) is 0 Å². The highest BCUT2D eigenvalue weighted by atomic mass is 16.5. The van der Waals surface area contributed by atoms with Crippen molar-refractivity contribution in [1.29, 1.82) is 0 Å². The second-order valence-electron chi connectivity index (χ2n) is 3.89. The van der Waals surface area contributed by atoms with Crippen LogP contribution in [0.4, 0.5) is 0 Å². The minimum absolute atomic E-state index is 0.620. The lowest BCUT2D eigenvalue weighted by Crippen LogP contribution is -2.29. The van der Waals surface area contributed by atoms with Crippen molar-refractivity contribution in [3.05, 3.63) is 12.2 Å². The van der Waals surface area contributed by atoms with Crippen LogP contribution in [0.2, 0.25) is 0 Å². The first kappa shape index (κ1) is 11.7. The molecule has 0 bridgehead atoms. The van der Waals surface area contributed by atoms with E-state index in [9.17, 15) is 0 Å². The van der Waals surface area contributed by atoms with Crippen molar-refractivity contribution in [1.82, 2.24) is 5.32 Å². The second kappa shape index (κ2) is 8.01. The fourth-order valence-corrected chi connectivity index (χ4v) is 1.69. The van der Waals surface area contributed by atoms with E-state index < -0.39 is 0 Å². The third-order valence-electron chi connectivity index (χ3n) is 2.47. The summed E-state index contributed by atoms with van der Waals surface area (Å²) in [6.45, 7) is 5.03. The maximum Gasteiger partial charge on any atom is 0.0478 e. The standard InChI is InChI=1S/C12H23NO/c1-2-10-14-11-6-9-13-12-7-4-3-5-8-12/h4,7,12-13H,2-3,5-6,8-11H2,1H3. The topological polar surface area (TPSA) is 21.3 Å². The van der Waals surface area contributed by atoms with Crippen LogP contribution in [0, 0.1) is 0 Å². The first-order valence-corrected chi connectivity index (χ1v) is 5.91. The molecule has 1 unspecified atom stereocenters. The van der Waals surface area contributed by atoms with Crippen LogP contribution in [0.1, 0.15) is 39.0 Å². The molecule has 2 heteroatoms. The molecular weight excluding hydrogens is 174 g/mol. The molecular formula is C12H23NO. The molecule has 0 radical (unpaired) electrons. The highest BCUT2D eigenvalue weighted by Crippen LogP contribution is 2.09. The van der Waals surface area contributed by atoms with Crippen molar-refractivity contribution < 1.29 is 4.74 Å². The lowest BCUT2D eigenvalue weighted by molar-refractivity contribution is 0.132. The maximum atomic E-state index is 5.41. The van der Waals surface area contributed by atoms with Gasteiger partial charge in [0.05, 0.1) is 0 Å². The molecule has 0 aromatic heterocycles. The third-order valence-corrected chi connectivity index (χ3v) is 2.47. The summed E-state index contributed by atoms with van der Waals surface area (Å²) in [7, 11) is 0. The zero-order valence-electron chi connectivity index (χ0n) is 9.30. The fourth-order valence-electron chi connectivity index (χ4n) is 1.69. The van der Waals surface area contributed by atoms with Crippen LogP contribution < -0.4 is 5.32 Å². The van der Waals surface area contributed by atoms with E-state index in [2.05, 4.69) is 24.4 Å². The van der Waals surface area contributed by atoms with Gasteiger partial charge in [-0.25, -0.2) is 0 Å². The summed E-state index contributed by atoms with van der Waals surface area (Å²) in [4.78, 5) is 0.